The summed E-state index contributed by atoms with van der Waals surface area (Å²) in [5, 5.41) is 3.29. The average Bonchev–Trinajstić information content (AvgIpc) is 3.19. The molecule has 4 fully saturated rings. The van der Waals surface area contributed by atoms with E-state index in [-0.39, 0.29) is 17.7 Å². The maximum absolute atomic E-state index is 12.7. The predicted octanol–water partition coefficient (Wildman–Crippen LogP) is 2.02. The number of carbonyl (C=O) groups is 2. The monoisotopic (exact) mass is 347 g/mol. The van der Waals surface area contributed by atoms with Gasteiger partial charge >= 0.3 is 0 Å². The number of hydrogen-bond acceptors (Lipinski definition) is 3. The fraction of sp³-hybridized carbons (Fsp3) is 0.900. The predicted molar refractivity (Wildman–Crippen MR) is 97.0 cm³/mol. The molecule has 2 amide bonds. The van der Waals surface area contributed by atoms with Crippen LogP contribution >= 0.6 is 0 Å². The molecule has 25 heavy (non-hydrogen) atoms. The van der Waals surface area contributed by atoms with Crippen molar-refractivity contribution in [3.8, 4) is 0 Å². The van der Waals surface area contributed by atoms with E-state index in [1.165, 1.54) is 32.2 Å². The van der Waals surface area contributed by atoms with Crippen LogP contribution in [0.4, 0.5) is 0 Å². The van der Waals surface area contributed by atoms with Crippen molar-refractivity contribution in [3.05, 3.63) is 0 Å². The molecule has 5 nitrogen and oxygen atoms in total. The summed E-state index contributed by atoms with van der Waals surface area (Å²) in [6, 6.07) is 0.309. The molecular formula is C20H33N3O2. The molecule has 0 spiro atoms. The van der Waals surface area contributed by atoms with Crippen molar-refractivity contribution in [1.82, 2.24) is 15.1 Å². The highest BCUT2D eigenvalue weighted by Gasteiger charge is 2.37. The van der Waals surface area contributed by atoms with Crippen LogP contribution in [0.25, 0.3) is 0 Å². The maximum Gasteiger partial charge on any atom is 0.225 e. The average molecular weight is 348 g/mol. The Balaban J connectivity index is 1.22. The molecule has 4 rings (SSSR count). The summed E-state index contributed by atoms with van der Waals surface area (Å²) in [6.07, 6.45) is 10.6. The number of hydrogen-bond donors (Lipinski definition) is 1. The van der Waals surface area contributed by atoms with Gasteiger partial charge in [-0.05, 0) is 50.9 Å². The lowest BCUT2D eigenvalue weighted by atomic mass is 9.96. The van der Waals surface area contributed by atoms with E-state index >= 15 is 0 Å². The van der Waals surface area contributed by atoms with E-state index < -0.39 is 0 Å². The Morgan fingerprint density at radius 3 is 2.40 bits per heavy atom. The number of piperidine rings is 1. The molecule has 5 heteroatoms. The molecule has 0 aromatic rings. The van der Waals surface area contributed by atoms with Crippen LogP contribution in [0.2, 0.25) is 0 Å². The molecule has 0 aromatic carbocycles. The van der Waals surface area contributed by atoms with E-state index in [4.69, 9.17) is 0 Å². The summed E-state index contributed by atoms with van der Waals surface area (Å²) < 4.78 is 0. The number of likely N-dealkylation sites (tertiary alicyclic amines) is 2. The van der Waals surface area contributed by atoms with Gasteiger partial charge < -0.3 is 15.1 Å². The highest BCUT2D eigenvalue weighted by atomic mass is 16.2. The topological polar surface area (TPSA) is 52.7 Å². The van der Waals surface area contributed by atoms with Crippen molar-refractivity contribution in [2.24, 2.45) is 17.8 Å². The van der Waals surface area contributed by atoms with Crippen LogP contribution in [0.3, 0.4) is 0 Å². The van der Waals surface area contributed by atoms with Gasteiger partial charge in [0.2, 0.25) is 11.8 Å². The molecule has 2 saturated heterocycles. The van der Waals surface area contributed by atoms with Crippen molar-refractivity contribution in [3.63, 3.8) is 0 Å². The zero-order valence-electron chi connectivity index (χ0n) is 15.4. The molecule has 140 valence electrons. The van der Waals surface area contributed by atoms with E-state index in [1.54, 1.807) is 0 Å². The summed E-state index contributed by atoms with van der Waals surface area (Å²) in [5.41, 5.74) is 0. The van der Waals surface area contributed by atoms with E-state index in [0.717, 1.165) is 57.7 Å². The summed E-state index contributed by atoms with van der Waals surface area (Å²) in [5.74, 6) is 1.62. The second kappa shape index (κ2) is 7.65. The molecule has 0 aromatic heterocycles. The third kappa shape index (κ3) is 4.36. The van der Waals surface area contributed by atoms with Gasteiger partial charge in [0, 0.05) is 44.7 Å². The summed E-state index contributed by atoms with van der Waals surface area (Å²) in [7, 11) is 0. The molecular weight excluding hydrogens is 314 g/mol. The Hall–Kier alpha value is -1.10. The number of nitrogens with one attached hydrogen (secondary N) is 1. The van der Waals surface area contributed by atoms with Crippen LogP contribution in [0.5, 0.6) is 0 Å². The van der Waals surface area contributed by atoms with E-state index in [9.17, 15) is 9.59 Å². The molecule has 2 aliphatic heterocycles. The van der Waals surface area contributed by atoms with Crippen molar-refractivity contribution in [2.45, 2.75) is 63.8 Å². The zero-order chi connectivity index (χ0) is 17.2. The summed E-state index contributed by atoms with van der Waals surface area (Å²) >= 11 is 0. The first-order chi connectivity index (χ1) is 12.2. The maximum atomic E-state index is 12.7. The standard InChI is InChI=1S/C20H33N3O2/c24-19(17-6-3-10-23(13-17)20(25)16-7-8-16)21-18-9-11-22(14-18)12-15-4-1-2-5-15/h15-18H,1-14H2,(H,21,24). The van der Waals surface area contributed by atoms with Gasteiger partial charge in [0.1, 0.15) is 0 Å². The Morgan fingerprint density at radius 1 is 0.840 bits per heavy atom. The first-order valence-corrected chi connectivity index (χ1v) is 10.5. The van der Waals surface area contributed by atoms with Crippen LogP contribution in [0, 0.1) is 17.8 Å². The summed E-state index contributed by atoms with van der Waals surface area (Å²) in [4.78, 5) is 29.5. The lowest BCUT2D eigenvalue weighted by molar-refractivity contribution is -0.137. The van der Waals surface area contributed by atoms with Gasteiger partial charge in [-0.1, -0.05) is 12.8 Å². The third-order valence-electron chi connectivity index (χ3n) is 6.64. The lowest BCUT2D eigenvalue weighted by Crippen LogP contribution is -2.48. The Bertz CT molecular complexity index is 499. The van der Waals surface area contributed by atoms with Crippen molar-refractivity contribution in [2.75, 3.05) is 32.7 Å². The van der Waals surface area contributed by atoms with Gasteiger partial charge in [0.05, 0.1) is 5.92 Å². The van der Waals surface area contributed by atoms with Crippen molar-refractivity contribution >= 4 is 11.8 Å². The van der Waals surface area contributed by atoms with Crippen LogP contribution in [0.15, 0.2) is 0 Å². The second-order valence-electron chi connectivity index (χ2n) is 8.80. The van der Waals surface area contributed by atoms with Gasteiger partial charge in [0.15, 0.2) is 0 Å². The fourth-order valence-corrected chi connectivity index (χ4v) is 4.97. The zero-order valence-corrected chi connectivity index (χ0v) is 15.4. The molecule has 2 atom stereocenters. The number of nitrogens with zero attached hydrogens (tertiary/aromatic N) is 2. The van der Waals surface area contributed by atoms with E-state index in [1.807, 2.05) is 4.90 Å². The largest absolute Gasteiger partial charge is 0.352 e. The van der Waals surface area contributed by atoms with Gasteiger partial charge in [-0.15, -0.1) is 0 Å². The van der Waals surface area contributed by atoms with Crippen molar-refractivity contribution in [1.29, 1.82) is 0 Å². The molecule has 4 aliphatic rings. The first-order valence-electron chi connectivity index (χ1n) is 10.5. The molecule has 2 saturated carbocycles. The van der Waals surface area contributed by atoms with Crippen LogP contribution in [0.1, 0.15) is 57.8 Å². The van der Waals surface area contributed by atoms with Gasteiger partial charge in [-0.3, -0.25) is 9.59 Å². The van der Waals surface area contributed by atoms with Crippen LogP contribution in [-0.4, -0.2) is 60.4 Å². The van der Waals surface area contributed by atoms with Gasteiger partial charge in [-0.2, -0.15) is 0 Å². The minimum atomic E-state index is 0.000307. The van der Waals surface area contributed by atoms with Crippen molar-refractivity contribution < 1.29 is 9.59 Å². The lowest BCUT2D eigenvalue weighted by Gasteiger charge is -2.32. The highest BCUT2D eigenvalue weighted by molar-refractivity contribution is 5.83. The second-order valence-corrected chi connectivity index (χ2v) is 8.80. The molecule has 0 bridgehead atoms. The molecule has 1 N–H and O–H groups in total. The minimum absolute atomic E-state index is 0.000307. The number of rotatable bonds is 5. The molecule has 0 radical (unpaired) electrons. The minimum Gasteiger partial charge on any atom is -0.352 e. The fourth-order valence-electron chi connectivity index (χ4n) is 4.97. The third-order valence-corrected chi connectivity index (χ3v) is 6.64. The summed E-state index contributed by atoms with van der Waals surface area (Å²) in [6.45, 7) is 4.84. The normalized spacial score (nSPS) is 31.4. The van der Waals surface area contributed by atoms with Crippen LogP contribution in [-0.2, 0) is 9.59 Å². The van der Waals surface area contributed by atoms with Gasteiger partial charge in [-0.25, -0.2) is 0 Å². The Kier molecular flexibility index (Phi) is 5.30. The first kappa shape index (κ1) is 17.3. The van der Waals surface area contributed by atoms with Crippen LogP contribution < -0.4 is 5.32 Å². The molecule has 2 aliphatic carbocycles. The van der Waals surface area contributed by atoms with E-state index in [2.05, 4.69) is 10.2 Å². The van der Waals surface area contributed by atoms with Gasteiger partial charge in [0.25, 0.3) is 0 Å². The highest BCUT2D eigenvalue weighted by Crippen LogP contribution is 2.32. The number of amides is 2. The molecule has 2 heterocycles. The quantitative estimate of drug-likeness (QED) is 0.828. The Labute approximate surface area is 151 Å². The van der Waals surface area contributed by atoms with E-state index in [0.29, 0.717) is 18.5 Å². The Morgan fingerprint density at radius 2 is 1.64 bits per heavy atom. The number of carbonyl (C=O) groups excluding carboxylic acids is 2. The smallest absolute Gasteiger partial charge is 0.225 e. The SMILES string of the molecule is O=C(NC1CCN(CC2CCCC2)C1)C1CCCN(C(=O)C2CC2)C1. The molecule has 2 unspecified atom stereocenters.